The first-order valence-corrected chi connectivity index (χ1v) is 9.90. The standard InChI is InChI=1S/C19H23NO4S/c1-5-24-18-9-7-6-8-15(18)13-20(3)19(21)17-12-16(25(4,22)23)11-10-14(17)2/h6-12H,5,13H2,1-4H3. The summed E-state index contributed by atoms with van der Waals surface area (Å²) in [6, 6.07) is 12.2. The topological polar surface area (TPSA) is 63.7 Å². The van der Waals surface area contributed by atoms with Crippen molar-refractivity contribution >= 4 is 15.7 Å². The van der Waals surface area contributed by atoms with Gasteiger partial charge in [0.1, 0.15) is 5.75 Å². The molecule has 0 aliphatic heterocycles. The lowest BCUT2D eigenvalue weighted by Crippen LogP contribution is -2.27. The quantitative estimate of drug-likeness (QED) is 0.793. The third kappa shape index (κ3) is 4.60. The summed E-state index contributed by atoms with van der Waals surface area (Å²) in [6.07, 6.45) is 1.13. The average molecular weight is 361 g/mol. The van der Waals surface area contributed by atoms with E-state index in [1.165, 1.54) is 12.1 Å². The minimum absolute atomic E-state index is 0.143. The molecule has 0 aliphatic carbocycles. The SMILES string of the molecule is CCOc1ccccc1CN(C)C(=O)c1cc(S(C)(=O)=O)ccc1C. The highest BCUT2D eigenvalue weighted by atomic mass is 32.2. The van der Waals surface area contributed by atoms with Gasteiger partial charge < -0.3 is 9.64 Å². The van der Waals surface area contributed by atoms with E-state index in [1.807, 2.05) is 31.2 Å². The molecule has 0 atom stereocenters. The van der Waals surface area contributed by atoms with Gasteiger partial charge in [0.2, 0.25) is 0 Å². The third-order valence-electron chi connectivity index (χ3n) is 3.89. The summed E-state index contributed by atoms with van der Waals surface area (Å²) in [5.74, 6) is 0.514. The van der Waals surface area contributed by atoms with Crippen molar-refractivity contribution in [2.24, 2.45) is 0 Å². The van der Waals surface area contributed by atoms with Gasteiger partial charge in [-0.3, -0.25) is 4.79 Å². The molecule has 5 nitrogen and oxygen atoms in total. The third-order valence-corrected chi connectivity index (χ3v) is 5.00. The summed E-state index contributed by atoms with van der Waals surface area (Å²) in [6.45, 7) is 4.62. The largest absolute Gasteiger partial charge is 0.494 e. The van der Waals surface area contributed by atoms with Gasteiger partial charge in [-0.2, -0.15) is 0 Å². The number of aryl methyl sites for hydroxylation is 1. The maximum absolute atomic E-state index is 12.8. The Labute approximate surface area is 149 Å². The molecular formula is C19H23NO4S. The van der Waals surface area contributed by atoms with E-state index in [9.17, 15) is 13.2 Å². The van der Waals surface area contributed by atoms with Crippen LogP contribution in [0.5, 0.6) is 5.75 Å². The summed E-state index contributed by atoms with van der Waals surface area (Å²) >= 11 is 0. The number of benzene rings is 2. The molecule has 0 bridgehead atoms. The molecule has 6 heteroatoms. The second kappa shape index (κ2) is 7.70. The maximum atomic E-state index is 12.8. The second-order valence-electron chi connectivity index (χ2n) is 5.95. The zero-order valence-corrected chi connectivity index (χ0v) is 15.8. The van der Waals surface area contributed by atoms with Gasteiger partial charge in [0.05, 0.1) is 11.5 Å². The van der Waals surface area contributed by atoms with Gasteiger partial charge in [-0.25, -0.2) is 8.42 Å². The van der Waals surface area contributed by atoms with Gasteiger partial charge in [0.25, 0.3) is 5.91 Å². The van der Waals surface area contributed by atoms with Gasteiger partial charge >= 0.3 is 0 Å². The zero-order valence-electron chi connectivity index (χ0n) is 14.9. The number of sulfone groups is 1. The van der Waals surface area contributed by atoms with Crippen LogP contribution in [0.25, 0.3) is 0 Å². The molecule has 134 valence electrons. The first-order chi connectivity index (χ1) is 11.7. The number of carbonyl (C=O) groups is 1. The van der Waals surface area contributed by atoms with Crippen LogP contribution in [0.1, 0.15) is 28.4 Å². The lowest BCUT2D eigenvalue weighted by molar-refractivity contribution is 0.0783. The Kier molecular flexibility index (Phi) is 5.85. The summed E-state index contributed by atoms with van der Waals surface area (Å²) in [7, 11) is -1.67. The molecule has 0 radical (unpaired) electrons. The minimum Gasteiger partial charge on any atom is -0.494 e. The summed E-state index contributed by atoms with van der Waals surface area (Å²) in [5, 5.41) is 0. The highest BCUT2D eigenvalue weighted by molar-refractivity contribution is 7.90. The summed E-state index contributed by atoms with van der Waals surface area (Å²) in [4.78, 5) is 14.5. The molecule has 0 fully saturated rings. The number of ether oxygens (including phenoxy) is 1. The first-order valence-electron chi connectivity index (χ1n) is 8.01. The smallest absolute Gasteiger partial charge is 0.254 e. The van der Waals surface area contributed by atoms with Gasteiger partial charge in [-0.1, -0.05) is 24.3 Å². The Bertz CT molecular complexity index is 875. The van der Waals surface area contributed by atoms with Gasteiger partial charge in [0.15, 0.2) is 9.84 Å². The van der Waals surface area contributed by atoms with E-state index in [1.54, 1.807) is 24.9 Å². The predicted octanol–water partition coefficient (Wildman–Crippen LogP) is 3.07. The molecule has 0 N–H and O–H groups in total. The number of hydrogen-bond acceptors (Lipinski definition) is 4. The highest BCUT2D eigenvalue weighted by Gasteiger charge is 2.18. The molecular weight excluding hydrogens is 338 g/mol. The summed E-state index contributed by atoms with van der Waals surface area (Å²) in [5.41, 5.74) is 2.03. The molecule has 0 saturated carbocycles. The van der Waals surface area contributed by atoms with Crippen LogP contribution in [0.15, 0.2) is 47.4 Å². The Balaban J connectivity index is 2.29. The average Bonchev–Trinajstić information content (AvgIpc) is 2.55. The fourth-order valence-electron chi connectivity index (χ4n) is 2.53. The van der Waals surface area contributed by atoms with Crippen LogP contribution in [-0.2, 0) is 16.4 Å². The van der Waals surface area contributed by atoms with E-state index in [2.05, 4.69) is 0 Å². The molecule has 25 heavy (non-hydrogen) atoms. The van der Waals surface area contributed by atoms with Crippen LogP contribution < -0.4 is 4.74 Å². The number of nitrogens with zero attached hydrogens (tertiary/aromatic N) is 1. The Hall–Kier alpha value is -2.34. The predicted molar refractivity (Wildman–Crippen MR) is 97.7 cm³/mol. The maximum Gasteiger partial charge on any atom is 0.254 e. The van der Waals surface area contributed by atoms with Crippen molar-refractivity contribution in [3.05, 3.63) is 59.2 Å². The van der Waals surface area contributed by atoms with Crippen molar-refractivity contribution in [1.29, 1.82) is 0 Å². The summed E-state index contributed by atoms with van der Waals surface area (Å²) < 4.78 is 29.1. The molecule has 2 rings (SSSR count). The fraction of sp³-hybridized carbons (Fsp3) is 0.316. The number of hydrogen-bond donors (Lipinski definition) is 0. The number of rotatable bonds is 6. The van der Waals surface area contributed by atoms with Crippen LogP contribution in [0.2, 0.25) is 0 Å². The van der Waals surface area contributed by atoms with Crippen LogP contribution in [0, 0.1) is 6.92 Å². The lowest BCUT2D eigenvalue weighted by Gasteiger charge is -2.20. The van der Waals surface area contributed by atoms with E-state index < -0.39 is 9.84 Å². The Morgan fingerprint density at radius 3 is 2.48 bits per heavy atom. The van der Waals surface area contributed by atoms with Crippen LogP contribution in [-0.4, -0.2) is 39.1 Å². The lowest BCUT2D eigenvalue weighted by atomic mass is 10.1. The molecule has 1 amide bonds. The highest BCUT2D eigenvalue weighted by Crippen LogP contribution is 2.22. The minimum atomic E-state index is -3.36. The number of carbonyl (C=O) groups excluding carboxylic acids is 1. The van der Waals surface area contributed by atoms with Gasteiger partial charge in [0, 0.05) is 31.0 Å². The van der Waals surface area contributed by atoms with Crippen molar-refractivity contribution in [3.63, 3.8) is 0 Å². The van der Waals surface area contributed by atoms with E-state index in [4.69, 9.17) is 4.74 Å². The molecule has 2 aromatic rings. The number of amides is 1. The van der Waals surface area contributed by atoms with E-state index >= 15 is 0 Å². The fourth-order valence-corrected chi connectivity index (χ4v) is 3.17. The molecule has 0 heterocycles. The Morgan fingerprint density at radius 2 is 1.84 bits per heavy atom. The Morgan fingerprint density at radius 1 is 1.16 bits per heavy atom. The molecule has 0 spiro atoms. The first kappa shape index (κ1) is 19.0. The second-order valence-corrected chi connectivity index (χ2v) is 7.97. The van der Waals surface area contributed by atoms with Crippen LogP contribution in [0.3, 0.4) is 0 Å². The van der Waals surface area contributed by atoms with Crippen LogP contribution in [0.4, 0.5) is 0 Å². The van der Waals surface area contributed by atoms with Crippen molar-refractivity contribution < 1.29 is 17.9 Å². The number of para-hydroxylation sites is 1. The van der Waals surface area contributed by atoms with E-state index in [-0.39, 0.29) is 10.8 Å². The molecule has 0 aromatic heterocycles. The molecule has 0 aliphatic rings. The van der Waals surface area contributed by atoms with Gasteiger partial charge in [-0.05, 0) is 37.6 Å². The molecule has 0 saturated heterocycles. The van der Waals surface area contributed by atoms with Gasteiger partial charge in [-0.15, -0.1) is 0 Å². The molecule has 0 unspecified atom stereocenters. The zero-order chi connectivity index (χ0) is 18.6. The van der Waals surface area contributed by atoms with Crippen molar-refractivity contribution in [3.8, 4) is 5.75 Å². The van der Waals surface area contributed by atoms with Crippen molar-refractivity contribution in [1.82, 2.24) is 4.90 Å². The van der Waals surface area contributed by atoms with E-state index in [0.717, 1.165) is 23.1 Å². The monoisotopic (exact) mass is 361 g/mol. The normalized spacial score (nSPS) is 11.2. The van der Waals surface area contributed by atoms with Crippen LogP contribution >= 0.6 is 0 Å². The van der Waals surface area contributed by atoms with Crippen molar-refractivity contribution in [2.45, 2.75) is 25.3 Å². The van der Waals surface area contributed by atoms with Crippen molar-refractivity contribution in [2.75, 3.05) is 19.9 Å². The van der Waals surface area contributed by atoms with E-state index in [0.29, 0.717) is 18.7 Å². The molecule has 2 aromatic carbocycles.